The molecule has 1 heterocycles. The van der Waals surface area contributed by atoms with Crippen LogP contribution in [0.4, 0.5) is 11.4 Å². The minimum Gasteiger partial charge on any atom is -0.382 e. The molecule has 0 amide bonds. The summed E-state index contributed by atoms with van der Waals surface area (Å²) in [5.74, 6) is 0.809. The fourth-order valence-electron chi connectivity index (χ4n) is 3.11. The summed E-state index contributed by atoms with van der Waals surface area (Å²) in [6.07, 6.45) is 5.00. The maximum Gasteiger partial charge on any atom is 0.0376 e. The molecule has 1 atom stereocenters. The van der Waals surface area contributed by atoms with E-state index in [1.807, 2.05) is 0 Å². The molecule has 0 saturated carbocycles. The molecule has 0 saturated heterocycles. The first-order chi connectivity index (χ1) is 9.67. The maximum absolute atomic E-state index is 3.59. The summed E-state index contributed by atoms with van der Waals surface area (Å²) in [5.41, 5.74) is 4.23. The molecule has 1 unspecified atom stereocenters. The van der Waals surface area contributed by atoms with Crippen LogP contribution in [0.5, 0.6) is 0 Å². The zero-order valence-corrected chi connectivity index (χ0v) is 13.6. The Kier molecular flexibility index (Phi) is 5.33. The topological polar surface area (TPSA) is 15.3 Å². The highest BCUT2D eigenvalue weighted by molar-refractivity contribution is 5.62. The Bertz CT molecular complexity index is 423. The molecule has 0 spiro atoms. The van der Waals surface area contributed by atoms with Crippen molar-refractivity contribution in [3.8, 4) is 0 Å². The summed E-state index contributed by atoms with van der Waals surface area (Å²) in [6.45, 7) is 11.4. The molecule has 2 rings (SSSR count). The first-order valence-corrected chi connectivity index (χ1v) is 8.32. The molecule has 0 fully saturated rings. The number of aryl methyl sites for hydroxylation is 1. The van der Waals surface area contributed by atoms with E-state index in [9.17, 15) is 0 Å². The van der Waals surface area contributed by atoms with Crippen LogP contribution in [0.25, 0.3) is 0 Å². The molecular weight excluding hydrogens is 244 g/mol. The van der Waals surface area contributed by atoms with Crippen LogP contribution in [0.15, 0.2) is 18.2 Å². The van der Waals surface area contributed by atoms with E-state index in [0.717, 1.165) is 12.5 Å². The van der Waals surface area contributed by atoms with Crippen LogP contribution in [-0.4, -0.2) is 19.1 Å². The average Bonchev–Trinajstić information content (AvgIpc) is 2.48. The molecule has 112 valence electrons. The van der Waals surface area contributed by atoms with Gasteiger partial charge in [0.15, 0.2) is 0 Å². The Hall–Kier alpha value is -1.18. The van der Waals surface area contributed by atoms with Gasteiger partial charge in [0.05, 0.1) is 0 Å². The molecule has 0 aliphatic carbocycles. The van der Waals surface area contributed by atoms with Crippen LogP contribution in [0.3, 0.4) is 0 Å². The van der Waals surface area contributed by atoms with Crippen molar-refractivity contribution in [3.05, 3.63) is 23.8 Å². The number of hydrogen-bond acceptors (Lipinski definition) is 2. The lowest BCUT2D eigenvalue weighted by molar-refractivity contribution is 0.486. The summed E-state index contributed by atoms with van der Waals surface area (Å²) in [5, 5.41) is 3.59. The number of benzene rings is 1. The highest BCUT2D eigenvalue weighted by Gasteiger charge is 2.16. The minimum absolute atomic E-state index is 0.611. The van der Waals surface area contributed by atoms with Crippen LogP contribution < -0.4 is 10.2 Å². The van der Waals surface area contributed by atoms with Gasteiger partial charge in [0.25, 0.3) is 0 Å². The second kappa shape index (κ2) is 7.01. The van der Waals surface area contributed by atoms with E-state index in [1.165, 1.54) is 49.2 Å². The number of rotatable bonds is 6. The molecule has 1 aliphatic rings. The van der Waals surface area contributed by atoms with Gasteiger partial charge in [0, 0.05) is 30.5 Å². The van der Waals surface area contributed by atoms with Crippen molar-refractivity contribution in [2.75, 3.05) is 23.3 Å². The van der Waals surface area contributed by atoms with Crippen LogP contribution >= 0.6 is 0 Å². The van der Waals surface area contributed by atoms with Crippen molar-refractivity contribution in [2.45, 2.75) is 59.4 Å². The second-order valence-electron chi connectivity index (χ2n) is 6.15. The van der Waals surface area contributed by atoms with E-state index in [4.69, 9.17) is 0 Å². The van der Waals surface area contributed by atoms with Gasteiger partial charge in [-0.1, -0.05) is 26.7 Å². The Labute approximate surface area is 124 Å². The zero-order chi connectivity index (χ0) is 14.5. The van der Waals surface area contributed by atoms with Gasteiger partial charge in [0.2, 0.25) is 0 Å². The Balaban J connectivity index is 2.14. The molecular formula is C18H30N2. The molecule has 20 heavy (non-hydrogen) atoms. The standard InChI is InChI=1S/C18H30N2/c1-5-15(6-2)13-20(7-3)17-10-11-18-16(12-17)9-8-14(4)19-18/h10-12,14-15,19H,5-9,13H2,1-4H3. The summed E-state index contributed by atoms with van der Waals surface area (Å²) in [4.78, 5) is 2.54. The van der Waals surface area contributed by atoms with E-state index >= 15 is 0 Å². The monoisotopic (exact) mass is 274 g/mol. The number of fused-ring (bicyclic) bond motifs is 1. The SMILES string of the molecule is CCC(CC)CN(CC)c1ccc2c(c1)CCC(C)N2. The van der Waals surface area contributed by atoms with Crippen LogP contribution in [0.1, 0.15) is 52.5 Å². The summed E-state index contributed by atoms with van der Waals surface area (Å²) in [6, 6.07) is 7.58. The van der Waals surface area contributed by atoms with Crippen molar-refractivity contribution in [1.29, 1.82) is 0 Å². The van der Waals surface area contributed by atoms with Gasteiger partial charge in [-0.3, -0.25) is 0 Å². The van der Waals surface area contributed by atoms with E-state index in [2.05, 4.69) is 56.1 Å². The van der Waals surface area contributed by atoms with Crippen LogP contribution in [-0.2, 0) is 6.42 Å². The van der Waals surface area contributed by atoms with Gasteiger partial charge in [-0.15, -0.1) is 0 Å². The first kappa shape index (κ1) is 15.2. The largest absolute Gasteiger partial charge is 0.382 e. The minimum atomic E-state index is 0.611. The van der Waals surface area contributed by atoms with Gasteiger partial charge < -0.3 is 10.2 Å². The molecule has 0 bridgehead atoms. The Morgan fingerprint density at radius 3 is 2.65 bits per heavy atom. The first-order valence-electron chi connectivity index (χ1n) is 8.32. The van der Waals surface area contributed by atoms with Crippen molar-refractivity contribution >= 4 is 11.4 Å². The van der Waals surface area contributed by atoms with Gasteiger partial charge in [-0.2, -0.15) is 0 Å². The molecule has 0 aromatic heterocycles. The fraction of sp³-hybridized carbons (Fsp3) is 0.667. The lowest BCUT2D eigenvalue weighted by atomic mass is 9.97. The Morgan fingerprint density at radius 2 is 2.00 bits per heavy atom. The van der Waals surface area contributed by atoms with Crippen molar-refractivity contribution in [2.24, 2.45) is 5.92 Å². The van der Waals surface area contributed by atoms with Crippen LogP contribution in [0, 0.1) is 5.92 Å². The lowest BCUT2D eigenvalue weighted by Crippen LogP contribution is -2.29. The third kappa shape index (κ3) is 3.47. The van der Waals surface area contributed by atoms with Crippen LogP contribution in [0.2, 0.25) is 0 Å². The van der Waals surface area contributed by atoms with Crippen molar-refractivity contribution < 1.29 is 0 Å². The van der Waals surface area contributed by atoms with E-state index in [1.54, 1.807) is 0 Å². The fourth-order valence-corrected chi connectivity index (χ4v) is 3.11. The number of nitrogens with zero attached hydrogens (tertiary/aromatic N) is 1. The smallest absolute Gasteiger partial charge is 0.0376 e. The van der Waals surface area contributed by atoms with Crippen molar-refractivity contribution in [3.63, 3.8) is 0 Å². The number of hydrogen-bond donors (Lipinski definition) is 1. The van der Waals surface area contributed by atoms with Gasteiger partial charge >= 0.3 is 0 Å². The lowest BCUT2D eigenvalue weighted by Gasteiger charge is -2.30. The zero-order valence-electron chi connectivity index (χ0n) is 13.6. The normalized spacial score (nSPS) is 17.8. The average molecular weight is 274 g/mol. The molecule has 2 nitrogen and oxygen atoms in total. The van der Waals surface area contributed by atoms with E-state index in [-0.39, 0.29) is 0 Å². The summed E-state index contributed by atoms with van der Waals surface area (Å²) >= 11 is 0. The predicted molar refractivity (Wildman–Crippen MR) is 89.8 cm³/mol. The molecule has 1 aromatic rings. The molecule has 1 aromatic carbocycles. The van der Waals surface area contributed by atoms with Gasteiger partial charge in [0.1, 0.15) is 0 Å². The van der Waals surface area contributed by atoms with Gasteiger partial charge in [-0.05, 0) is 56.4 Å². The predicted octanol–water partition coefficient (Wildman–Crippen LogP) is 4.70. The van der Waals surface area contributed by atoms with E-state index < -0.39 is 0 Å². The van der Waals surface area contributed by atoms with Crippen molar-refractivity contribution in [1.82, 2.24) is 0 Å². The number of anilines is 2. The molecule has 1 aliphatic heterocycles. The number of nitrogens with one attached hydrogen (secondary N) is 1. The van der Waals surface area contributed by atoms with E-state index in [0.29, 0.717) is 6.04 Å². The quantitative estimate of drug-likeness (QED) is 0.809. The molecule has 2 heteroatoms. The third-order valence-electron chi connectivity index (χ3n) is 4.72. The third-order valence-corrected chi connectivity index (χ3v) is 4.72. The second-order valence-corrected chi connectivity index (χ2v) is 6.15. The van der Waals surface area contributed by atoms with Gasteiger partial charge in [-0.25, -0.2) is 0 Å². The summed E-state index contributed by atoms with van der Waals surface area (Å²) < 4.78 is 0. The highest BCUT2D eigenvalue weighted by atomic mass is 15.1. The highest BCUT2D eigenvalue weighted by Crippen LogP contribution is 2.29. The summed E-state index contributed by atoms with van der Waals surface area (Å²) in [7, 11) is 0. The Morgan fingerprint density at radius 1 is 1.25 bits per heavy atom. The molecule has 1 N–H and O–H groups in total. The maximum atomic E-state index is 3.59. The molecule has 0 radical (unpaired) electrons.